The van der Waals surface area contributed by atoms with Gasteiger partial charge in [-0.25, -0.2) is 0 Å². The number of hydrogen-bond acceptors (Lipinski definition) is 3. The van der Waals surface area contributed by atoms with E-state index >= 15 is 0 Å². The molecule has 0 saturated carbocycles. The van der Waals surface area contributed by atoms with Crippen molar-refractivity contribution in [2.24, 2.45) is 5.41 Å². The van der Waals surface area contributed by atoms with Crippen LogP contribution in [0.4, 0.5) is 0 Å². The molecule has 0 bridgehead atoms. The van der Waals surface area contributed by atoms with E-state index in [2.05, 4.69) is 55.9 Å². The minimum absolute atomic E-state index is 0.384. The lowest BCUT2D eigenvalue weighted by Gasteiger charge is -2.34. The molecule has 1 nitrogen and oxygen atoms in total. The molecule has 1 heterocycles. The second-order valence-electron chi connectivity index (χ2n) is 4.62. The summed E-state index contributed by atoms with van der Waals surface area (Å²) in [6, 6.07) is 4.33. The maximum absolute atomic E-state index is 4.53. The van der Waals surface area contributed by atoms with E-state index in [1.807, 2.05) is 11.3 Å². The average molecular weight is 257 g/mol. The van der Waals surface area contributed by atoms with Crippen molar-refractivity contribution in [1.82, 2.24) is 4.90 Å². The largest absolute Gasteiger partial charge is 0.301 e. The molecule has 16 heavy (non-hydrogen) atoms. The summed E-state index contributed by atoms with van der Waals surface area (Å²) < 4.78 is 0. The van der Waals surface area contributed by atoms with Crippen molar-refractivity contribution in [2.45, 2.75) is 33.2 Å². The Morgan fingerprint density at radius 3 is 2.50 bits per heavy atom. The summed E-state index contributed by atoms with van der Waals surface area (Å²) in [7, 11) is 2.21. The fourth-order valence-electron chi connectivity index (χ4n) is 2.04. The monoisotopic (exact) mass is 257 g/mol. The van der Waals surface area contributed by atoms with Gasteiger partial charge in [0.15, 0.2) is 0 Å². The zero-order chi connectivity index (χ0) is 12.0. The lowest BCUT2D eigenvalue weighted by molar-refractivity contribution is 0.180. The molecule has 1 rings (SSSR count). The van der Waals surface area contributed by atoms with Gasteiger partial charge in [-0.05, 0) is 42.5 Å². The summed E-state index contributed by atoms with van der Waals surface area (Å²) in [6.07, 6.45) is 2.42. The summed E-state index contributed by atoms with van der Waals surface area (Å²) in [4.78, 5) is 3.87. The summed E-state index contributed by atoms with van der Waals surface area (Å²) in [5, 5.41) is 2.15. The molecule has 0 aliphatic rings. The van der Waals surface area contributed by atoms with E-state index < -0.39 is 0 Å². The van der Waals surface area contributed by atoms with Gasteiger partial charge in [-0.15, -0.1) is 11.3 Å². The fraction of sp³-hybridized carbons (Fsp3) is 0.692. The lowest BCUT2D eigenvalue weighted by Crippen LogP contribution is -2.36. The molecule has 0 aliphatic heterocycles. The Bertz CT molecular complexity index is 270. The number of hydrogen-bond donors (Lipinski definition) is 1. The second kappa shape index (κ2) is 6.67. The average Bonchev–Trinajstić information content (AvgIpc) is 2.79. The van der Waals surface area contributed by atoms with Crippen LogP contribution in [0.1, 0.15) is 31.6 Å². The van der Waals surface area contributed by atoms with E-state index in [0.717, 1.165) is 18.8 Å². The number of thiophene rings is 1. The highest BCUT2D eigenvalue weighted by Gasteiger charge is 2.26. The molecule has 0 radical (unpaired) electrons. The van der Waals surface area contributed by atoms with Gasteiger partial charge in [0.25, 0.3) is 0 Å². The summed E-state index contributed by atoms with van der Waals surface area (Å²) in [5.41, 5.74) is 0.384. The van der Waals surface area contributed by atoms with Gasteiger partial charge in [-0.3, -0.25) is 0 Å². The molecule has 0 atom stereocenters. The molecule has 1 aromatic rings. The van der Waals surface area contributed by atoms with Crippen LogP contribution in [-0.4, -0.2) is 24.2 Å². The third kappa shape index (κ3) is 3.79. The summed E-state index contributed by atoms with van der Waals surface area (Å²) >= 11 is 6.37. The van der Waals surface area contributed by atoms with Crippen molar-refractivity contribution in [3.63, 3.8) is 0 Å². The Morgan fingerprint density at radius 1 is 1.38 bits per heavy atom. The molecule has 0 aromatic carbocycles. The van der Waals surface area contributed by atoms with Gasteiger partial charge in [0, 0.05) is 18.0 Å². The molecule has 0 amide bonds. The van der Waals surface area contributed by atoms with Crippen molar-refractivity contribution in [2.75, 3.05) is 19.3 Å². The standard InChI is InChI=1S/C13H23NS2/c1-4-13(5-2,11-15)10-14(3)9-12-7-6-8-16-12/h6-8,15H,4-5,9-11H2,1-3H3. The molecule has 0 unspecified atom stereocenters. The maximum atomic E-state index is 4.53. The first kappa shape index (κ1) is 14.1. The van der Waals surface area contributed by atoms with Crippen LogP contribution in [0.15, 0.2) is 17.5 Å². The van der Waals surface area contributed by atoms with E-state index in [1.165, 1.54) is 17.7 Å². The molecule has 0 aliphatic carbocycles. The molecule has 0 spiro atoms. The van der Waals surface area contributed by atoms with Gasteiger partial charge in [0.05, 0.1) is 0 Å². The maximum Gasteiger partial charge on any atom is 0.0325 e. The Hall–Kier alpha value is 0.01000. The van der Waals surface area contributed by atoms with E-state index in [0.29, 0.717) is 5.41 Å². The van der Waals surface area contributed by atoms with Crippen molar-refractivity contribution < 1.29 is 0 Å². The van der Waals surface area contributed by atoms with Crippen LogP contribution < -0.4 is 0 Å². The first-order chi connectivity index (χ1) is 7.65. The van der Waals surface area contributed by atoms with Crippen LogP contribution >= 0.6 is 24.0 Å². The first-order valence-corrected chi connectivity index (χ1v) is 7.49. The Balaban J connectivity index is 2.51. The van der Waals surface area contributed by atoms with Gasteiger partial charge in [0.1, 0.15) is 0 Å². The van der Waals surface area contributed by atoms with Crippen molar-refractivity contribution >= 4 is 24.0 Å². The molecular formula is C13H23NS2. The molecule has 3 heteroatoms. The van der Waals surface area contributed by atoms with Crippen LogP contribution in [0.3, 0.4) is 0 Å². The predicted octanol–water partition coefficient (Wildman–Crippen LogP) is 3.92. The van der Waals surface area contributed by atoms with Gasteiger partial charge < -0.3 is 4.90 Å². The van der Waals surface area contributed by atoms with Crippen molar-refractivity contribution in [1.29, 1.82) is 0 Å². The molecule has 0 saturated heterocycles. The van der Waals surface area contributed by atoms with Crippen molar-refractivity contribution in [3.8, 4) is 0 Å². The Morgan fingerprint density at radius 2 is 2.06 bits per heavy atom. The van der Waals surface area contributed by atoms with Crippen LogP contribution in [0.2, 0.25) is 0 Å². The number of rotatable bonds is 7. The quantitative estimate of drug-likeness (QED) is 0.725. The molecule has 0 N–H and O–H groups in total. The van der Waals surface area contributed by atoms with Crippen LogP contribution in [0.25, 0.3) is 0 Å². The number of nitrogens with zero attached hydrogens (tertiary/aromatic N) is 1. The zero-order valence-electron chi connectivity index (χ0n) is 10.6. The first-order valence-electron chi connectivity index (χ1n) is 5.97. The topological polar surface area (TPSA) is 3.24 Å². The van der Waals surface area contributed by atoms with Gasteiger partial charge in [0.2, 0.25) is 0 Å². The Kier molecular flexibility index (Phi) is 5.87. The highest BCUT2D eigenvalue weighted by atomic mass is 32.1. The van der Waals surface area contributed by atoms with Gasteiger partial charge in [-0.2, -0.15) is 12.6 Å². The molecule has 92 valence electrons. The predicted molar refractivity (Wildman–Crippen MR) is 77.5 cm³/mol. The highest BCUT2D eigenvalue weighted by Crippen LogP contribution is 2.29. The summed E-state index contributed by atoms with van der Waals surface area (Å²) in [5.74, 6) is 0.981. The summed E-state index contributed by atoms with van der Waals surface area (Å²) in [6.45, 7) is 6.76. The third-order valence-electron chi connectivity index (χ3n) is 3.45. The normalized spacial score (nSPS) is 12.3. The molecular weight excluding hydrogens is 234 g/mol. The fourth-order valence-corrected chi connectivity index (χ4v) is 3.38. The molecule has 0 fully saturated rings. The van der Waals surface area contributed by atoms with E-state index in [1.54, 1.807) is 0 Å². The van der Waals surface area contributed by atoms with E-state index in [9.17, 15) is 0 Å². The minimum Gasteiger partial charge on any atom is -0.301 e. The molecule has 1 aromatic heterocycles. The SMILES string of the molecule is CCC(CC)(CS)CN(C)Cc1cccs1. The Labute approximate surface area is 109 Å². The van der Waals surface area contributed by atoms with Gasteiger partial charge in [-0.1, -0.05) is 19.9 Å². The smallest absolute Gasteiger partial charge is 0.0325 e. The van der Waals surface area contributed by atoms with Gasteiger partial charge >= 0.3 is 0 Å². The van der Waals surface area contributed by atoms with E-state index in [-0.39, 0.29) is 0 Å². The van der Waals surface area contributed by atoms with Crippen LogP contribution in [0.5, 0.6) is 0 Å². The minimum atomic E-state index is 0.384. The van der Waals surface area contributed by atoms with E-state index in [4.69, 9.17) is 0 Å². The number of thiol groups is 1. The lowest BCUT2D eigenvalue weighted by atomic mass is 9.84. The highest BCUT2D eigenvalue weighted by molar-refractivity contribution is 7.80. The van der Waals surface area contributed by atoms with Crippen molar-refractivity contribution in [3.05, 3.63) is 22.4 Å². The van der Waals surface area contributed by atoms with Crippen LogP contribution in [-0.2, 0) is 6.54 Å². The van der Waals surface area contributed by atoms with Crippen LogP contribution in [0, 0.1) is 5.41 Å². The zero-order valence-corrected chi connectivity index (χ0v) is 12.3. The second-order valence-corrected chi connectivity index (χ2v) is 5.97. The third-order valence-corrected chi connectivity index (χ3v) is 4.98.